The van der Waals surface area contributed by atoms with Gasteiger partial charge in [0.2, 0.25) is 0 Å². The van der Waals surface area contributed by atoms with E-state index >= 15 is 0 Å². The van der Waals surface area contributed by atoms with E-state index in [1.165, 1.54) is 26.9 Å². The van der Waals surface area contributed by atoms with Crippen molar-refractivity contribution in [3.05, 3.63) is 64.4 Å². The summed E-state index contributed by atoms with van der Waals surface area (Å²) in [4.78, 5) is 8.88. The van der Waals surface area contributed by atoms with Gasteiger partial charge in [0.05, 0.1) is 5.36 Å². The highest BCUT2D eigenvalue weighted by Gasteiger charge is 2.07. The minimum absolute atomic E-state index is 0. The zero-order chi connectivity index (χ0) is 19.9. The third kappa shape index (κ3) is 6.65. The molecule has 0 N–H and O–H groups in total. The van der Waals surface area contributed by atoms with E-state index in [9.17, 15) is 0 Å². The minimum Gasteiger partial charge on any atom is -0.304 e. The maximum absolute atomic E-state index is 5.13. The fourth-order valence-corrected chi connectivity index (χ4v) is 4.88. The number of rotatable bonds is 8. The lowest BCUT2D eigenvalue weighted by Crippen LogP contribution is -2.24. The normalized spacial score (nSPS) is 12.9. The van der Waals surface area contributed by atoms with Crippen LogP contribution in [0.1, 0.15) is 33.6 Å². The van der Waals surface area contributed by atoms with Gasteiger partial charge < -0.3 is 4.90 Å². The molecular weight excluding hydrogens is 464 g/mol. The van der Waals surface area contributed by atoms with E-state index in [1.54, 1.807) is 0 Å². The molecule has 156 valence electrons. The molecule has 0 radical (unpaired) electrons. The lowest BCUT2D eigenvalue weighted by Gasteiger charge is -2.18. The predicted molar refractivity (Wildman–Crippen MR) is 134 cm³/mol. The Hall–Kier alpha value is -1.20. The van der Waals surface area contributed by atoms with E-state index in [4.69, 9.17) is 4.99 Å². The fraction of sp³-hybridized carbons (Fsp3) is 0.375. The van der Waals surface area contributed by atoms with Crippen LogP contribution in [-0.4, -0.2) is 30.6 Å². The standard InChI is InChI=1S/C24H29BrN2S.ClH/c1-4-27(5-2)15-9-10-18(3)26-22-17-24(19-11-7-6-8-12-19)28-23-14-13-20(25)16-21(22)23;/h6-8,11-14,16-18H,4-5,9-10,15H2,1-3H3;1H. The Labute approximate surface area is 193 Å². The number of hydrogen-bond donors (Lipinski definition) is 0. The first-order valence-electron chi connectivity index (χ1n) is 10.2. The van der Waals surface area contributed by atoms with Gasteiger partial charge >= 0.3 is 0 Å². The highest BCUT2D eigenvalue weighted by molar-refractivity contribution is 9.10. The summed E-state index contributed by atoms with van der Waals surface area (Å²) in [7, 11) is 0. The number of hydrogen-bond acceptors (Lipinski definition) is 3. The van der Waals surface area contributed by atoms with Crippen molar-refractivity contribution in [2.24, 2.45) is 4.99 Å². The Morgan fingerprint density at radius 1 is 1.03 bits per heavy atom. The molecule has 1 atom stereocenters. The quantitative estimate of drug-likeness (QED) is 0.325. The van der Waals surface area contributed by atoms with E-state index in [2.05, 4.69) is 96.2 Å². The molecule has 0 bridgehead atoms. The highest BCUT2D eigenvalue weighted by atomic mass is 79.9. The molecule has 0 aliphatic heterocycles. The Kier molecular flexibility index (Phi) is 9.84. The second-order valence-corrected chi connectivity index (χ2v) is 9.15. The van der Waals surface area contributed by atoms with Gasteiger partial charge in [-0.05, 0) is 69.2 Å². The van der Waals surface area contributed by atoms with Gasteiger partial charge in [0.25, 0.3) is 0 Å². The molecule has 0 saturated heterocycles. The Morgan fingerprint density at radius 3 is 2.45 bits per heavy atom. The summed E-state index contributed by atoms with van der Waals surface area (Å²) in [6.07, 6.45) is 2.31. The number of halogens is 2. The van der Waals surface area contributed by atoms with Gasteiger partial charge in [0.15, 0.2) is 0 Å². The largest absolute Gasteiger partial charge is 0.304 e. The second kappa shape index (κ2) is 11.8. The van der Waals surface area contributed by atoms with Crippen LogP contribution in [0, 0.1) is 0 Å². The molecule has 3 aromatic rings. The first kappa shape index (κ1) is 24.1. The van der Waals surface area contributed by atoms with E-state index in [-0.39, 0.29) is 12.4 Å². The monoisotopic (exact) mass is 492 g/mol. The Morgan fingerprint density at radius 2 is 1.76 bits per heavy atom. The van der Waals surface area contributed by atoms with Crippen molar-refractivity contribution in [2.45, 2.75) is 39.7 Å². The van der Waals surface area contributed by atoms with Gasteiger partial charge in [0, 0.05) is 25.5 Å². The van der Waals surface area contributed by atoms with Crippen molar-refractivity contribution in [1.29, 1.82) is 0 Å². The summed E-state index contributed by atoms with van der Waals surface area (Å²) >= 11 is 5.46. The first-order chi connectivity index (χ1) is 13.6. The summed E-state index contributed by atoms with van der Waals surface area (Å²) in [6.45, 7) is 10.1. The van der Waals surface area contributed by atoms with Crippen LogP contribution in [0.25, 0.3) is 20.5 Å². The van der Waals surface area contributed by atoms with Gasteiger partial charge in [-0.1, -0.05) is 60.1 Å². The van der Waals surface area contributed by atoms with Crippen LogP contribution in [0.2, 0.25) is 0 Å². The summed E-state index contributed by atoms with van der Waals surface area (Å²) in [5, 5.41) is 2.33. The van der Waals surface area contributed by atoms with E-state index in [1.807, 2.05) is 11.3 Å². The van der Waals surface area contributed by atoms with Crippen molar-refractivity contribution >= 4 is 49.8 Å². The third-order valence-electron chi connectivity index (χ3n) is 5.11. The molecule has 0 aliphatic rings. The molecular formula is C24H30BrClN2S. The summed E-state index contributed by atoms with van der Waals surface area (Å²) in [6, 6.07) is 19.7. The topological polar surface area (TPSA) is 15.6 Å². The molecule has 2 nitrogen and oxygen atoms in total. The molecule has 1 aromatic heterocycles. The molecule has 0 spiro atoms. The van der Waals surface area contributed by atoms with Gasteiger partial charge in [-0.15, -0.1) is 23.7 Å². The van der Waals surface area contributed by atoms with Gasteiger partial charge in [-0.2, -0.15) is 0 Å². The smallest absolute Gasteiger partial charge is 0.0678 e. The summed E-state index contributed by atoms with van der Waals surface area (Å²) in [5.41, 5.74) is 1.25. The molecule has 5 heteroatoms. The third-order valence-corrected chi connectivity index (χ3v) is 6.76. The average molecular weight is 494 g/mol. The molecule has 3 rings (SSSR count). The molecule has 0 saturated carbocycles. The minimum atomic E-state index is 0. The SMILES string of the molecule is CCN(CC)CCCC(C)N=c1cc(-c2ccccc2)sc2ccc(Br)cc12.Cl. The molecule has 0 amide bonds. The fourth-order valence-electron chi connectivity index (χ4n) is 3.44. The van der Waals surface area contributed by atoms with E-state index < -0.39 is 0 Å². The van der Waals surface area contributed by atoms with Gasteiger partial charge in [0.1, 0.15) is 0 Å². The zero-order valence-electron chi connectivity index (χ0n) is 17.4. The molecule has 2 aromatic carbocycles. The van der Waals surface area contributed by atoms with Crippen LogP contribution < -0.4 is 5.36 Å². The average Bonchev–Trinajstić information content (AvgIpc) is 2.72. The van der Waals surface area contributed by atoms with Crippen molar-refractivity contribution in [3.8, 4) is 10.4 Å². The first-order valence-corrected chi connectivity index (χ1v) is 11.8. The van der Waals surface area contributed by atoms with Crippen LogP contribution >= 0.6 is 39.7 Å². The molecule has 0 fully saturated rings. The van der Waals surface area contributed by atoms with Crippen LogP contribution in [0.15, 0.2) is 64.1 Å². The Balaban J connectivity index is 0.00000300. The van der Waals surface area contributed by atoms with Crippen LogP contribution in [-0.2, 0) is 0 Å². The van der Waals surface area contributed by atoms with E-state index in [0.29, 0.717) is 6.04 Å². The summed E-state index contributed by atoms with van der Waals surface area (Å²) < 4.78 is 2.38. The van der Waals surface area contributed by atoms with Gasteiger partial charge in [-0.3, -0.25) is 4.99 Å². The Bertz CT molecular complexity index is 968. The predicted octanol–water partition coefficient (Wildman–Crippen LogP) is 7.16. The number of nitrogens with zero attached hydrogens (tertiary/aromatic N) is 2. The second-order valence-electron chi connectivity index (χ2n) is 7.15. The van der Waals surface area contributed by atoms with Crippen molar-refractivity contribution < 1.29 is 0 Å². The zero-order valence-corrected chi connectivity index (χ0v) is 20.6. The van der Waals surface area contributed by atoms with Crippen LogP contribution in [0.4, 0.5) is 0 Å². The van der Waals surface area contributed by atoms with Gasteiger partial charge in [-0.25, -0.2) is 0 Å². The maximum atomic E-state index is 5.13. The van der Waals surface area contributed by atoms with Crippen molar-refractivity contribution in [1.82, 2.24) is 4.90 Å². The molecule has 1 unspecified atom stereocenters. The lowest BCUT2D eigenvalue weighted by atomic mass is 10.1. The lowest BCUT2D eigenvalue weighted by molar-refractivity contribution is 0.294. The van der Waals surface area contributed by atoms with Crippen LogP contribution in [0.5, 0.6) is 0 Å². The van der Waals surface area contributed by atoms with E-state index in [0.717, 1.165) is 35.9 Å². The van der Waals surface area contributed by atoms with Crippen LogP contribution in [0.3, 0.4) is 0 Å². The van der Waals surface area contributed by atoms with Crippen molar-refractivity contribution in [2.75, 3.05) is 19.6 Å². The summed E-state index contributed by atoms with van der Waals surface area (Å²) in [5.74, 6) is 0. The number of benzene rings is 2. The maximum Gasteiger partial charge on any atom is 0.0678 e. The molecule has 1 heterocycles. The van der Waals surface area contributed by atoms with Crippen molar-refractivity contribution in [3.63, 3.8) is 0 Å². The number of fused-ring (bicyclic) bond motifs is 1. The molecule has 0 aliphatic carbocycles. The highest BCUT2D eigenvalue weighted by Crippen LogP contribution is 2.29. The molecule has 29 heavy (non-hydrogen) atoms.